The minimum absolute atomic E-state index is 0.291. The van der Waals surface area contributed by atoms with Gasteiger partial charge < -0.3 is 10.6 Å². The summed E-state index contributed by atoms with van der Waals surface area (Å²) in [5, 5.41) is 5.80. The number of carbonyl (C=O) groups excluding carboxylic acids is 2. The summed E-state index contributed by atoms with van der Waals surface area (Å²) in [5.74, 6) is -0.595. The highest BCUT2D eigenvalue weighted by atomic mass is 16.2. The fourth-order valence-electron chi connectivity index (χ4n) is 2.57. The SMILES string of the molecule is CCc1cccc(C)c1NC(=O)C(C)(C)C(=O)NCc1ccccc1. The van der Waals surface area contributed by atoms with E-state index in [2.05, 4.69) is 10.6 Å². The molecule has 0 unspecified atom stereocenters. The highest BCUT2D eigenvalue weighted by molar-refractivity contribution is 6.10. The molecule has 132 valence electrons. The molecule has 0 aliphatic heterocycles. The van der Waals surface area contributed by atoms with Gasteiger partial charge in [0.1, 0.15) is 5.41 Å². The van der Waals surface area contributed by atoms with Crippen molar-refractivity contribution in [1.29, 1.82) is 0 Å². The van der Waals surface area contributed by atoms with Gasteiger partial charge in [0.15, 0.2) is 0 Å². The Morgan fingerprint density at radius 2 is 1.64 bits per heavy atom. The Hall–Kier alpha value is -2.62. The van der Waals surface area contributed by atoms with Crippen LogP contribution in [0.25, 0.3) is 0 Å². The number of benzene rings is 2. The topological polar surface area (TPSA) is 58.2 Å². The lowest BCUT2D eigenvalue weighted by Gasteiger charge is -2.24. The van der Waals surface area contributed by atoms with Gasteiger partial charge in [0.05, 0.1) is 0 Å². The second-order valence-corrected chi connectivity index (χ2v) is 6.71. The lowest BCUT2D eigenvalue weighted by Crippen LogP contribution is -2.45. The summed E-state index contributed by atoms with van der Waals surface area (Å²) < 4.78 is 0. The first-order chi connectivity index (χ1) is 11.9. The van der Waals surface area contributed by atoms with E-state index in [0.29, 0.717) is 6.54 Å². The van der Waals surface area contributed by atoms with Crippen LogP contribution < -0.4 is 10.6 Å². The summed E-state index contributed by atoms with van der Waals surface area (Å²) in [6, 6.07) is 15.6. The zero-order chi connectivity index (χ0) is 18.4. The van der Waals surface area contributed by atoms with E-state index >= 15 is 0 Å². The van der Waals surface area contributed by atoms with Crippen molar-refractivity contribution in [2.75, 3.05) is 5.32 Å². The monoisotopic (exact) mass is 338 g/mol. The van der Waals surface area contributed by atoms with E-state index in [1.807, 2.05) is 62.4 Å². The molecule has 4 nitrogen and oxygen atoms in total. The van der Waals surface area contributed by atoms with Crippen LogP contribution >= 0.6 is 0 Å². The number of hydrogen-bond acceptors (Lipinski definition) is 2. The summed E-state index contributed by atoms with van der Waals surface area (Å²) >= 11 is 0. The third-order valence-corrected chi connectivity index (χ3v) is 4.41. The zero-order valence-electron chi connectivity index (χ0n) is 15.3. The van der Waals surface area contributed by atoms with Gasteiger partial charge >= 0.3 is 0 Å². The fourth-order valence-corrected chi connectivity index (χ4v) is 2.57. The van der Waals surface area contributed by atoms with Gasteiger partial charge in [-0.1, -0.05) is 55.5 Å². The Balaban J connectivity index is 2.08. The third kappa shape index (κ3) is 4.47. The second kappa shape index (κ2) is 7.97. The molecule has 0 aliphatic carbocycles. The Morgan fingerprint density at radius 3 is 2.28 bits per heavy atom. The molecule has 0 atom stereocenters. The van der Waals surface area contributed by atoms with Crippen LogP contribution in [0.5, 0.6) is 0 Å². The zero-order valence-corrected chi connectivity index (χ0v) is 15.3. The minimum Gasteiger partial charge on any atom is -0.351 e. The largest absolute Gasteiger partial charge is 0.351 e. The highest BCUT2D eigenvalue weighted by Gasteiger charge is 2.36. The first-order valence-corrected chi connectivity index (χ1v) is 8.58. The van der Waals surface area contributed by atoms with Gasteiger partial charge in [0, 0.05) is 12.2 Å². The van der Waals surface area contributed by atoms with Gasteiger partial charge in [-0.25, -0.2) is 0 Å². The van der Waals surface area contributed by atoms with Crippen LogP contribution in [0.15, 0.2) is 48.5 Å². The van der Waals surface area contributed by atoms with Crippen molar-refractivity contribution in [3.05, 3.63) is 65.2 Å². The normalized spacial score (nSPS) is 11.0. The molecule has 2 aromatic rings. The molecular weight excluding hydrogens is 312 g/mol. The van der Waals surface area contributed by atoms with E-state index in [1.165, 1.54) is 0 Å². The maximum atomic E-state index is 12.7. The van der Waals surface area contributed by atoms with Crippen molar-refractivity contribution in [2.24, 2.45) is 5.41 Å². The van der Waals surface area contributed by atoms with E-state index in [0.717, 1.165) is 28.8 Å². The molecule has 0 spiro atoms. The number of hydrogen-bond donors (Lipinski definition) is 2. The molecule has 0 bridgehead atoms. The van der Waals surface area contributed by atoms with Crippen molar-refractivity contribution >= 4 is 17.5 Å². The first kappa shape index (κ1) is 18.7. The first-order valence-electron chi connectivity index (χ1n) is 8.58. The van der Waals surface area contributed by atoms with Crippen molar-refractivity contribution < 1.29 is 9.59 Å². The van der Waals surface area contributed by atoms with Gasteiger partial charge in [-0.05, 0) is 43.9 Å². The smallest absolute Gasteiger partial charge is 0.239 e. The van der Waals surface area contributed by atoms with Crippen LogP contribution in [0.1, 0.15) is 37.5 Å². The van der Waals surface area contributed by atoms with Crippen LogP contribution in [0.2, 0.25) is 0 Å². The summed E-state index contributed by atoms with van der Waals surface area (Å²) in [7, 11) is 0. The number of rotatable bonds is 6. The molecule has 0 saturated heterocycles. The molecule has 0 heterocycles. The molecule has 2 amide bonds. The Bertz CT molecular complexity index is 752. The summed E-state index contributed by atoms with van der Waals surface area (Å²) in [4.78, 5) is 25.3. The number of para-hydroxylation sites is 1. The lowest BCUT2D eigenvalue weighted by atomic mass is 9.90. The quantitative estimate of drug-likeness (QED) is 0.786. The highest BCUT2D eigenvalue weighted by Crippen LogP contribution is 2.25. The maximum absolute atomic E-state index is 12.7. The Kier molecular flexibility index (Phi) is 5.97. The predicted molar refractivity (Wildman–Crippen MR) is 101 cm³/mol. The van der Waals surface area contributed by atoms with Gasteiger partial charge in [0.2, 0.25) is 11.8 Å². The van der Waals surface area contributed by atoms with Crippen LogP contribution in [-0.2, 0) is 22.6 Å². The Labute approximate surface area is 149 Å². The Morgan fingerprint density at radius 1 is 0.960 bits per heavy atom. The van der Waals surface area contributed by atoms with Crippen LogP contribution in [0.3, 0.4) is 0 Å². The van der Waals surface area contributed by atoms with Gasteiger partial charge in [-0.2, -0.15) is 0 Å². The standard InChI is InChI=1S/C21H26N2O2/c1-5-17-13-9-10-15(2)18(17)23-20(25)21(3,4)19(24)22-14-16-11-7-6-8-12-16/h6-13H,5,14H2,1-4H3,(H,22,24)(H,23,25). The number of carbonyl (C=O) groups is 2. The summed E-state index contributed by atoms with van der Waals surface area (Å²) in [5.41, 5.74) is 2.70. The van der Waals surface area contributed by atoms with Crippen LogP contribution in [-0.4, -0.2) is 11.8 Å². The number of amides is 2. The number of aryl methyl sites for hydroxylation is 2. The molecule has 2 aromatic carbocycles. The molecule has 0 fully saturated rings. The van der Waals surface area contributed by atoms with Gasteiger partial charge in [0.25, 0.3) is 0 Å². The molecule has 2 rings (SSSR count). The van der Waals surface area contributed by atoms with E-state index < -0.39 is 5.41 Å². The van der Waals surface area contributed by atoms with Crippen molar-refractivity contribution in [3.8, 4) is 0 Å². The molecule has 0 radical (unpaired) electrons. The van der Waals surface area contributed by atoms with Crippen molar-refractivity contribution in [3.63, 3.8) is 0 Å². The van der Waals surface area contributed by atoms with E-state index in [-0.39, 0.29) is 11.8 Å². The molecule has 0 aliphatic rings. The molecular formula is C21H26N2O2. The average Bonchev–Trinajstić information content (AvgIpc) is 2.61. The lowest BCUT2D eigenvalue weighted by molar-refractivity contribution is -0.138. The summed E-state index contributed by atoms with van der Waals surface area (Å²) in [6.45, 7) is 7.69. The molecule has 25 heavy (non-hydrogen) atoms. The van der Waals surface area contributed by atoms with Crippen LogP contribution in [0, 0.1) is 12.3 Å². The number of nitrogens with one attached hydrogen (secondary N) is 2. The molecule has 4 heteroatoms. The van der Waals surface area contributed by atoms with Crippen molar-refractivity contribution in [1.82, 2.24) is 5.32 Å². The third-order valence-electron chi connectivity index (χ3n) is 4.41. The molecule has 0 aromatic heterocycles. The van der Waals surface area contributed by atoms with Gasteiger partial charge in [-0.3, -0.25) is 9.59 Å². The minimum atomic E-state index is -1.16. The van der Waals surface area contributed by atoms with E-state index in [4.69, 9.17) is 0 Å². The average molecular weight is 338 g/mol. The molecule has 2 N–H and O–H groups in total. The summed E-state index contributed by atoms with van der Waals surface area (Å²) in [6.07, 6.45) is 0.817. The van der Waals surface area contributed by atoms with E-state index in [1.54, 1.807) is 13.8 Å². The fraction of sp³-hybridized carbons (Fsp3) is 0.333. The van der Waals surface area contributed by atoms with E-state index in [9.17, 15) is 9.59 Å². The maximum Gasteiger partial charge on any atom is 0.239 e. The number of anilines is 1. The second-order valence-electron chi connectivity index (χ2n) is 6.71. The van der Waals surface area contributed by atoms with Gasteiger partial charge in [-0.15, -0.1) is 0 Å². The molecule has 0 saturated carbocycles. The van der Waals surface area contributed by atoms with Crippen LogP contribution in [0.4, 0.5) is 5.69 Å². The van der Waals surface area contributed by atoms with Crippen molar-refractivity contribution in [2.45, 2.75) is 40.7 Å². The predicted octanol–water partition coefficient (Wildman–Crippen LogP) is 3.84.